The smallest absolute Gasteiger partial charge is 0.266 e. The van der Waals surface area contributed by atoms with Gasteiger partial charge < -0.3 is 10.1 Å². The van der Waals surface area contributed by atoms with E-state index in [0.29, 0.717) is 11.7 Å². The van der Waals surface area contributed by atoms with E-state index < -0.39 is 6.10 Å². The topological polar surface area (TPSA) is 69.0 Å². The van der Waals surface area contributed by atoms with Gasteiger partial charge in [0.2, 0.25) is 5.88 Å². The first-order valence-corrected chi connectivity index (χ1v) is 7.64. The lowest BCUT2D eigenvalue weighted by Crippen LogP contribution is -2.30. The molecule has 1 N–H and O–H groups in total. The Kier molecular flexibility index (Phi) is 4.56. The minimum Gasteiger partial charge on any atom is -0.463 e. The second-order valence-electron chi connectivity index (χ2n) is 5.35. The number of benzene rings is 1. The van der Waals surface area contributed by atoms with Crippen molar-refractivity contribution in [2.24, 2.45) is 0 Å². The molecule has 0 spiro atoms. The maximum Gasteiger partial charge on any atom is 0.266 e. The summed E-state index contributed by atoms with van der Waals surface area (Å²) < 4.78 is 7.31. The SMILES string of the molecule is Cc1cccc(NC(=O)[C@H](C)Oc2ccn(-c3ccccc3)n2)n1. The first kappa shape index (κ1) is 15.7. The number of aromatic nitrogens is 3. The number of carbonyl (C=O) groups is 1. The van der Waals surface area contributed by atoms with E-state index in [1.54, 1.807) is 29.9 Å². The number of aryl methyl sites for hydroxylation is 1. The molecule has 0 fully saturated rings. The highest BCUT2D eigenvalue weighted by atomic mass is 16.5. The number of nitrogens with one attached hydrogen (secondary N) is 1. The van der Waals surface area contributed by atoms with Gasteiger partial charge in [-0.1, -0.05) is 24.3 Å². The summed E-state index contributed by atoms with van der Waals surface area (Å²) >= 11 is 0. The largest absolute Gasteiger partial charge is 0.463 e. The van der Waals surface area contributed by atoms with Crippen LogP contribution in [0, 0.1) is 6.92 Å². The molecule has 6 nitrogen and oxygen atoms in total. The maximum absolute atomic E-state index is 12.2. The zero-order valence-corrected chi connectivity index (χ0v) is 13.5. The zero-order valence-electron chi connectivity index (χ0n) is 13.5. The second-order valence-corrected chi connectivity index (χ2v) is 5.35. The lowest BCUT2D eigenvalue weighted by atomic mass is 10.3. The summed E-state index contributed by atoms with van der Waals surface area (Å²) in [5, 5.41) is 7.05. The highest BCUT2D eigenvalue weighted by Gasteiger charge is 2.16. The number of para-hydroxylation sites is 1. The molecule has 24 heavy (non-hydrogen) atoms. The molecule has 0 saturated heterocycles. The fourth-order valence-corrected chi connectivity index (χ4v) is 2.17. The van der Waals surface area contributed by atoms with Crippen LogP contribution in [0.15, 0.2) is 60.8 Å². The molecule has 3 rings (SSSR count). The number of nitrogens with zero attached hydrogens (tertiary/aromatic N) is 3. The van der Waals surface area contributed by atoms with E-state index in [1.165, 1.54) is 0 Å². The summed E-state index contributed by atoms with van der Waals surface area (Å²) in [5.74, 6) is 0.617. The van der Waals surface area contributed by atoms with Crippen molar-refractivity contribution in [3.05, 3.63) is 66.5 Å². The van der Waals surface area contributed by atoms with E-state index in [9.17, 15) is 4.79 Å². The van der Waals surface area contributed by atoms with Gasteiger partial charge in [0, 0.05) is 18.0 Å². The molecule has 0 bridgehead atoms. The fourth-order valence-electron chi connectivity index (χ4n) is 2.17. The maximum atomic E-state index is 12.2. The monoisotopic (exact) mass is 322 g/mol. The lowest BCUT2D eigenvalue weighted by Gasteiger charge is -2.12. The van der Waals surface area contributed by atoms with E-state index in [-0.39, 0.29) is 5.91 Å². The molecule has 1 atom stereocenters. The van der Waals surface area contributed by atoms with Crippen molar-refractivity contribution in [2.45, 2.75) is 20.0 Å². The van der Waals surface area contributed by atoms with Crippen molar-refractivity contribution in [3.63, 3.8) is 0 Å². The molecule has 0 aliphatic heterocycles. The molecule has 0 saturated carbocycles. The second kappa shape index (κ2) is 6.95. The van der Waals surface area contributed by atoms with Crippen molar-refractivity contribution >= 4 is 11.7 Å². The van der Waals surface area contributed by atoms with E-state index >= 15 is 0 Å². The van der Waals surface area contributed by atoms with Crippen LogP contribution in [0.4, 0.5) is 5.82 Å². The van der Waals surface area contributed by atoms with Crippen LogP contribution in [0.1, 0.15) is 12.6 Å². The zero-order chi connectivity index (χ0) is 16.9. The van der Waals surface area contributed by atoms with Crippen molar-refractivity contribution in [1.82, 2.24) is 14.8 Å². The minimum absolute atomic E-state index is 0.276. The molecule has 0 radical (unpaired) electrons. The minimum atomic E-state index is -0.688. The highest BCUT2D eigenvalue weighted by molar-refractivity contribution is 5.93. The van der Waals surface area contributed by atoms with Crippen molar-refractivity contribution < 1.29 is 9.53 Å². The van der Waals surface area contributed by atoms with Crippen LogP contribution in [-0.4, -0.2) is 26.8 Å². The number of ether oxygens (including phenoxy) is 1. The van der Waals surface area contributed by atoms with Gasteiger partial charge in [-0.25, -0.2) is 9.67 Å². The Morgan fingerprint density at radius 3 is 2.67 bits per heavy atom. The van der Waals surface area contributed by atoms with E-state index in [2.05, 4.69) is 15.4 Å². The fraction of sp³-hybridized carbons (Fsp3) is 0.167. The van der Waals surface area contributed by atoms with Gasteiger partial charge in [-0.2, -0.15) is 0 Å². The van der Waals surface area contributed by atoms with Crippen LogP contribution in [0.5, 0.6) is 5.88 Å². The molecule has 2 aromatic heterocycles. The number of rotatable bonds is 5. The Morgan fingerprint density at radius 1 is 1.12 bits per heavy atom. The highest BCUT2D eigenvalue weighted by Crippen LogP contribution is 2.14. The van der Waals surface area contributed by atoms with Crippen LogP contribution in [0.2, 0.25) is 0 Å². The normalized spacial score (nSPS) is 11.8. The number of carbonyl (C=O) groups excluding carboxylic acids is 1. The van der Waals surface area contributed by atoms with Gasteiger partial charge in [-0.15, -0.1) is 5.10 Å². The molecule has 2 heterocycles. The Labute approximate surface area is 140 Å². The predicted octanol–water partition coefficient (Wildman–Crippen LogP) is 2.98. The van der Waals surface area contributed by atoms with Crippen molar-refractivity contribution in [2.75, 3.05) is 5.32 Å². The molecule has 0 aliphatic rings. The summed E-state index contributed by atoms with van der Waals surface area (Å²) in [4.78, 5) is 16.4. The average molecular weight is 322 g/mol. The van der Waals surface area contributed by atoms with E-state index in [4.69, 9.17) is 4.74 Å². The van der Waals surface area contributed by atoms with E-state index in [0.717, 1.165) is 11.4 Å². The number of anilines is 1. The molecule has 0 unspecified atom stereocenters. The summed E-state index contributed by atoms with van der Waals surface area (Å²) in [7, 11) is 0. The van der Waals surface area contributed by atoms with Gasteiger partial charge in [0.05, 0.1) is 5.69 Å². The predicted molar refractivity (Wildman–Crippen MR) is 91.3 cm³/mol. The third-order valence-electron chi connectivity index (χ3n) is 3.39. The van der Waals surface area contributed by atoms with Gasteiger partial charge in [-0.05, 0) is 38.1 Å². The molecule has 122 valence electrons. The Balaban J connectivity index is 1.63. The third-order valence-corrected chi connectivity index (χ3v) is 3.39. The lowest BCUT2D eigenvalue weighted by molar-refractivity contribution is -0.122. The number of hydrogen-bond donors (Lipinski definition) is 1. The van der Waals surface area contributed by atoms with Crippen LogP contribution < -0.4 is 10.1 Å². The van der Waals surface area contributed by atoms with Crippen molar-refractivity contribution in [1.29, 1.82) is 0 Å². The first-order valence-electron chi connectivity index (χ1n) is 7.64. The molecule has 1 aromatic carbocycles. The van der Waals surface area contributed by atoms with Crippen LogP contribution >= 0.6 is 0 Å². The van der Waals surface area contributed by atoms with Gasteiger partial charge in [0.1, 0.15) is 5.82 Å². The molecule has 3 aromatic rings. The quantitative estimate of drug-likeness (QED) is 0.784. The standard InChI is InChI=1S/C18H18N4O2/c1-13-7-6-10-16(19-13)20-18(23)14(2)24-17-11-12-22(21-17)15-8-4-3-5-9-15/h3-12,14H,1-2H3,(H,19,20,23)/t14-/m0/s1. The van der Waals surface area contributed by atoms with E-state index in [1.807, 2.05) is 49.4 Å². The van der Waals surface area contributed by atoms with Gasteiger partial charge in [0.25, 0.3) is 5.91 Å². The molecule has 0 aliphatic carbocycles. The van der Waals surface area contributed by atoms with Crippen LogP contribution in [-0.2, 0) is 4.79 Å². The number of amides is 1. The molecule has 6 heteroatoms. The molecular formula is C18H18N4O2. The number of hydrogen-bond acceptors (Lipinski definition) is 4. The first-order chi connectivity index (χ1) is 11.6. The summed E-state index contributed by atoms with van der Waals surface area (Å²) in [6.07, 6.45) is 1.10. The van der Waals surface area contributed by atoms with Crippen LogP contribution in [0.25, 0.3) is 5.69 Å². The molecule has 1 amide bonds. The Hall–Kier alpha value is -3.15. The van der Waals surface area contributed by atoms with Gasteiger partial charge in [0.15, 0.2) is 6.10 Å². The summed E-state index contributed by atoms with van der Waals surface area (Å²) in [6.45, 7) is 3.54. The van der Waals surface area contributed by atoms with Gasteiger partial charge >= 0.3 is 0 Å². The van der Waals surface area contributed by atoms with Gasteiger partial charge in [-0.3, -0.25) is 4.79 Å². The average Bonchev–Trinajstić information content (AvgIpc) is 3.04. The number of pyridine rings is 1. The molecular weight excluding hydrogens is 304 g/mol. The Morgan fingerprint density at radius 2 is 1.92 bits per heavy atom. The summed E-state index contributed by atoms with van der Waals surface area (Å²) in [6, 6.07) is 16.9. The van der Waals surface area contributed by atoms with Crippen molar-refractivity contribution in [3.8, 4) is 11.6 Å². The van der Waals surface area contributed by atoms with Crippen LogP contribution in [0.3, 0.4) is 0 Å². The Bertz CT molecular complexity index is 830. The summed E-state index contributed by atoms with van der Waals surface area (Å²) in [5.41, 5.74) is 1.76. The third kappa shape index (κ3) is 3.78.